The fourth-order valence-electron chi connectivity index (χ4n) is 5.44. The zero-order valence-corrected chi connectivity index (χ0v) is 34.5. The lowest BCUT2D eigenvalue weighted by Crippen LogP contribution is -2.37. The third-order valence-electron chi connectivity index (χ3n) is 8.73. The van der Waals surface area contributed by atoms with Crippen molar-refractivity contribution in [1.82, 2.24) is 0 Å². The molecule has 0 aromatic heterocycles. The molecule has 0 amide bonds. The summed E-state index contributed by atoms with van der Waals surface area (Å²) in [6.07, 6.45) is 35.0. The summed E-state index contributed by atoms with van der Waals surface area (Å²) in [5.74, 6) is -0.812. The largest absolute Gasteiger partial charge is 0.472 e. The van der Waals surface area contributed by atoms with E-state index >= 15 is 0 Å². The van der Waals surface area contributed by atoms with Crippen LogP contribution >= 0.6 is 7.82 Å². The van der Waals surface area contributed by atoms with Crippen molar-refractivity contribution in [2.75, 3.05) is 47.5 Å². The number of rotatable bonds is 37. The molecule has 1 unspecified atom stereocenters. The van der Waals surface area contributed by atoms with Crippen LogP contribution < -0.4 is 0 Å². The Morgan fingerprint density at radius 1 is 0.608 bits per heavy atom. The molecule has 0 aliphatic carbocycles. The molecule has 0 aromatic rings. The van der Waals surface area contributed by atoms with Crippen molar-refractivity contribution in [3.8, 4) is 0 Å². The standard InChI is InChI=1S/C41H78NO8P/c1-6-8-10-12-14-16-18-20-22-24-26-28-30-32-34-41(44)50-39(38-49-51(45,46)48-36-35-42(3,4)5)37-47-40(43)33-31-29-27-25-23-21-19-17-15-13-11-9-7-2/h12,14,18,20,39H,6-11,13,15-17,19,21-38H2,1-5H3/p+1/b14-12-,20-18-/t39-/m1/s1. The van der Waals surface area contributed by atoms with E-state index in [0.29, 0.717) is 17.4 Å². The average Bonchev–Trinajstić information content (AvgIpc) is 3.07. The van der Waals surface area contributed by atoms with Gasteiger partial charge in [-0.15, -0.1) is 0 Å². The van der Waals surface area contributed by atoms with Crippen LogP contribution in [0.3, 0.4) is 0 Å². The van der Waals surface area contributed by atoms with Crippen LogP contribution in [-0.4, -0.2) is 74.9 Å². The number of carbonyl (C=O) groups is 2. The van der Waals surface area contributed by atoms with Crippen LogP contribution in [0.5, 0.6) is 0 Å². The maximum Gasteiger partial charge on any atom is 0.472 e. The van der Waals surface area contributed by atoms with E-state index in [2.05, 4.69) is 38.2 Å². The minimum Gasteiger partial charge on any atom is -0.462 e. The number of carbonyl (C=O) groups excluding carboxylic acids is 2. The molecule has 9 nitrogen and oxygen atoms in total. The molecular formula is C41H79NO8P+. The van der Waals surface area contributed by atoms with Crippen LogP contribution in [-0.2, 0) is 32.7 Å². The molecule has 0 saturated heterocycles. The summed E-state index contributed by atoms with van der Waals surface area (Å²) >= 11 is 0. The van der Waals surface area contributed by atoms with Gasteiger partial charge in [-0.3, -0.25) is 18.6 Å². The van der Waals surface area contributed by atoms with Gasteiger partial charge >= 0.3 is 19.8 Å². The molecule has 0 fully saturated rings. The Balaban J connectivity index is 4.42. The van der Waals surface area contributed by atoms with Crippen LogP contribution in [0.25, 0.3) is 0 Å². The molecule has 0 bridgehead atoms. The number of likely N-dealkylation sites (N-methyl/N-ethyl adjacent to an activating group) is 1. The smallest absolute Gasteiger partial charge is 0.462 e. The Kier molecular flexibility index (Phi) is 33.3. The van der Waals surface area contributed by atoms with E-state index in [-0.39, 0.29) is 32.0 Å². The maximum absolute atomic E-state index is 12.6. The van der Waals surface area contributed by atoms with Crippen molar-refractivity contribution in [2.45, 2.75) is 180 Å². The lowest BCUT2D eigenvalue weighted by molar-refractivity contribution is -0.870. The Morgan fingerprint density at radius 3 is 1.61 bits per heavy atom. The van der Waals surface area contributed by atoms with Gasteiger partial charge in [0, 0.05) is 12.8 Å². The van der Waals surface area contributed by atoms with Crippen molar-refractivity contribution in [1.29, 1.82) is 0 Å². The summed E-state index contributed by atoms with van der Waals surface area (Å²) in [5.41, 5.74) is 0. The first kappa shape index (κ1) is 49.5. The lowest BCUT2D eigenvalue weighted by atomic mass is 10.0. The highest BCUT2D eigenvalue weighted by Crippen LogP contribution is 2.43. The molecule has 0 radical (unpaired) electrons. The number of allylic oxidation sites excluding steroid dienone is 4. The van der Waals surface area contributed by atoms with Crippen LogP contribution in [0.15, 0.2) is 24.3 Å². The van der Waals surface area contributed by atoms with Crippen LogP contribution in [0.1, 0.15) is 174 Å². The first-order valence-corrected chi connectivity index (χ1v) is 22.1. The highest BCUT2D eigenvalue weighted by molar-refractivity contribution is 7.47. The fraction of sp³-hybridized carbons (Fsp3) is 0.854. The predicted octanol–water partition coefficient (Wildman–Crippen LogP) is 11.2. The number of nitrogens with zero attached hydrogens (tertiary/aromatic N) is 1. The van der Waals surface area contributed by atoms with Crippen LogP contribution in [0, 0.1) is 0 Å². The molecule has 10 heteroatoms. The molecule has 0 heterocycles. The average molecular weight is 745 g/mol. The van der Waals surface area contributed by atoms with Crippen molar-refractivity contribution >= 4 is 19.8 Å². The highest BCUT2D eigenvalue weighted by Gasteiger charge is 2.27. The number of hydrogen-bond donors (Lipinski definition) is 1. The van der Waals surface area contributed by atoms with E-state index in [1.807, 2.05) is 21.1 Å². The number of ether oxygens (including phenoxy) is 2. The first-order chi connectivity index (χ1) is 24.5. The third-order valence-corrected chi connectivity index (χ3v) is 9.72. The van der Waals surface area contributed by atoms with E-state index in [9.17, 15) is 19.0 Å². The molecule has 0 aliphatic rings. The van der Waals surface area contributed by atoms with Gasteiger partial charge in [0.15, 0.2) is 6.10 Å². The molecule has 0 aromatic carbocycles. The topological polar surface area (TPSA) is 108 Å². The summed E-state index contributed by atoms with van der Waals surface area (Å²) in [6.45, 7) is 4.36. The van der Waals surface area contributed by atoms with Gasteiger partial charge in [0.05, 0.1) is 27.7 Å². The van der Waals surface area contributed by atoms with Gasteiger partial charge in [-0.2, -0.15) is 0 Å². The first-order valence-electron chi connectivity index (χ1n) is 20.6. The van der Waals surface area contributed by atoms with Gasteiger partial charge in [0.2, 0.25) is 0 Å². The Hall–Kier alpha value is -1.51. The molecule has 300 valence electrons. The normalized spacial score (nSPS) is 13.9. The Bertz CT molecular complexity index is 933. The summed E-state index contributed by atoms with van der Waals surface area (Å²) < 4.78 is 34.2. The van der Waals surface area contributed by atoms with E-state index < -0.39 is 26.5 Å². The highest BCUT2D eigenvalue weighted by atomic mass is 31.2. The summed E-state index contributed by atoms with van der Waals surface area (Å²) in [4.78, 5) is 35.2. The molecule has 2 atom stereocenters. The number of hydrogen-bond acceptors (Lipinski definition) is 7. The van der Waals surface area contributed by atoms with Gasteiger partial charge in [-0.05, 0) is 38.5 Å². The molecular weight excluding hydrogens is 665 g/mol. The van der Waals surface area contributed by atoms with Crippen LogP contribution in [0.2, 0.25) is 0 Å². The second kappa shape index (κ2) is 34.3. The van der Waals surface area contributed by atoms with Gasteiger partial charge in [-0.25, -0.2) is 4.57 Å². The number of quaternary nitrogens is 1. The zero-order valence-electron chi connectivity index (χ0n) is 33.6. The quantitative estimate of drug-likeness (QED) is 0.0220. The number of unbranched alkanes of at least 4 members (excludes halogenated alkanes) is 19. The fourth-order valence-corrected chi connectivity index (χ4v) is 6.18. The van der Waals surface area contributed by atoms with Gasteiger partial charge in [0.1, 0.15) is 19.8 Å². The van der Waals surface area contributed by atoms with Crippen LogP contribution in [0.4, 0.5) is 0 Å². The minimum atomic E-state index is -4.37. The van der Waals surface area contributed by atoms with Crippen molar-refractivity contribution in [2.24, 2.45) is 0 Å². The molecule has 0 rings (SSSR count). The second-order valence-electron chi connectivity index (χ2n) is 15.0. The van der Waals surface area contributed by atoms with E-state index in [0.717, 1.165) is 64.2 Å². The van der Waals surface area contributed by atoms with Crippen molar-refractivity contribution < 1.29 is 42.1 Å². The Labute approximate surface area is 313 Å². The molecule has 0 saturated carbocycles. The third kappa shape index (κ3) is 38.0. The zero-order chi connectivity index (χ0) is 37.9. The SMILES string of the molecule is CCCC/C=C\C/C=C\CCCCCCCC(=O)O[C@H](COC(=O)CCCCCCCCCCCCCCC)COP(=O)(O)OCC[N+](C)(C)C. The molecule has 0 aliphatic heterocycles. The maximum atomic E-state index is 12.6. The number of phosphoric ester groups is 1. The number of phosphoric acid groups is 1. The van der Waals surface area contributed by atoms with Gasteiger partial charge < -0.3 is 18.9 Å². The Morgan fingerprint density at radius 2 is 1.08 bits per heavy atom. The van der Waals surface area contributed by atoms with E-state index in [4.69, 9.17) is 18.5 Å². The molecule has 1 N–H and O–H groups in total. The summed E-state index contributed by atoms with van der Waals surface area (Å²) in [6, 6.07) is 0. The van der Waals surface area contributed by atoms with Gasteiger partial charge in [-0.1, -0.05) is 147 Å². The second-order valence-corrected chi connectivity index (χ2v) is 16.5. The predicted molar refractivity (Wildman–Crippen MR) is 211 cm³/mol. The molecule has 51 heavy (non-hydrogen) atoms. The van der Waals surface area contributed by atoms with E-state index in [1.165, 1.54) is 77.0 Å². The monoisotopic (exact) mass is 745 g/mol. The van der Waals surface area contributed by atoms with E-state index in [1.54, 1.807) is 0 Å². The van der Waals surface area contributed by atoms with Crippen molar-refractivity contribution in [3.63, 3.8) is 0 Å². The summed E-state index contributed by atoms with van der Waals surface area (Å²) in [5, 5.41) is 0. The van der Waals surface area contributed by atoms with Crippen molar-refractivity contribution in [3.05, 3.63) is 24.3 Å². The number of esters is 2. The van der Waals surface area contributed by atoms with Gasteiger partial charge in [0.25, 0.3) is 0 Å². The summed E-state index contributed by atoms with van der Waals surface area (Å²) in [7, 11) is 1.47. The molecule has 0 spiro atoms. The minimum absolute atomic E-state index is 0.0304. The lowest BCUT2D eigenvalue weighted by Gasteiger charge is -2.24.